The molecule has 0 aliphatic heterocycles. The molecule has 7 nitrogen and oxygen atoms in total. The van der Waals surface area contributed by atoms with Gasteiger partial charge in [-0.05, 0) is 26.0 Å². The van der Waals surface area contributed by atoms with Gasteiger partial charge in [-0.1, -0.05) is 48.5 Å². The van der Waals surface area contributed by atoms with Crippen LogP contribution in [0.25, 0.3) is 10.6 Å². The van der Waals surface area contributed by atoms with Crippen molar-refractivity contribution in [3.8, 4) is 10.6 Å². The molecule has 3 rings (SSSR count). The number of carbonyl (C=O) groups is 3. The Morgan fingerprint density at radius 3 is 2.24 bits per heavy atom. The molecule has 2 amide bonds. The summed E-state index contributed by atoms with van der Waals surface area (Å²) in [5, 5.41) is 0.697. The Kier molecular flexibility index (Phi) is 6.36. The number of hydrogen-bond donors (Lipinski definition) is 2. The standard InChI is InChI=1S/C21H19N3O4S/c1-13-17(29-20(22-13)16-11-7-4-8-12-16)21(27)28-14(2)18(25)23-24-19(26)15-9-5-3-6-10-15/h3-12,14H,1-2H3,(H,23,25)(H,24,26)/t14-/m0/s1. The molecule has 0 unspecified atom stereocenters. The van der Waals surface area contributed by atoms with E-state index < -0.39 is 23.9 Å². The molecule has 29 heavy (non-hydrogen) atoms. The number of nitrogens with zero attached hydrogens (tertiary/aromatic N) is 1. The molecule has 148 valence electrons. The van der Waals surface area contributed by atoms with E-state index in [0.29, 0.717) is 21.1 Å². The van der Waals surface area contributed by atoms with Crippen LogP contribution < -0.4 is 10.9 Å². The molecule has 0 bridgehead atoms. The van der Waals surface area contributed by atoms with Gasteiger partial charge in [0.05, 0.1) is 5.69 Å². The van der Waals surface area contributed by atoms with E-state index in [0.717, 1.165) is 5.56 Å². The summed E-state index contributed by atoms with van der Waals surface area (Å²) in [6.07, 6.45) is -1.10. The molecule has 0 radical (unpaired) electrons. The molecule has 0 saturated carbocycles. The van der Waals surface area contributed by atoms with Gasteiger partial charge in [-0.2, -0.15) is 0 Å². The van der Waals surface area contributed by atoms with E-state index in [4.69, 9.17) is 4.74 Å². The highest BCUT2D eigenvalue weighted by atomic mass is 32.1. The third kappa shape index (κ3) is 5.05. The van der Waals surface area contributed by atoms with Gasteiger partial charge in [0.25, 0.3) is 11.8 Å². The van der Waals surface area contributed by atoms with Crippen LogP contribution in [0.4, 0.5) is 0 Å². The van der Waals surface area contributed by atoms with Gasteiger partial charge >= 0.3 is 5.97 Å². The first-order valence-electron chi connectivity index (χ1n) is 8.85. The number of aryl methyl sites for hydroxylation is 1. The van der Waals surface area contributed by atoms with Crippen LogP contribution in [-0.2, 0) is 9.53 Å². The Hall–Kier alpha value is -3.52. The molecule has 1 heterocycles. The Morgan fingerprint density at radius 2 is 1.59 bits per heavy atom. The number of amides is 2. The van der Waals surface area contributed by atoms with Crippen molar-refractivity contribution in [3.63, 3.8) is 0 Å². The molecule has 0 aliphatic rings. The predicted octanol–water partition coefficient (Wildman–Crippen LogP) is 3.13. The number of thiazole rings is 1. The minimum atomic E-state index is -1.10. The fourth-order valence-electron chi connectivity index (χ4n) is 2.44. The van der Waals surface area contributed by atoms with E-state index in [9.17, 15) is 14.4 Å². The summed E-state index contributed by atoms with van der Waals surface area (Å²) in [4.78, 5) is 41.3. The molecule has 1 atom stereocenters. The van der Waals surface area contributed by atoms with Crippen LogP contribution in [0, 0.1) is 6.92 Å². The van der Waals surface area contributed by atoms with Crippen LogP contribution in [-0.4, -0.2) is 28.9 Å². The van der Waals surface area contributed by atoms with Crippen LogP contribution in [0.5, 0.6) is 0 Å². The highest BCUT2D eigenvalue weighted by molar-refractivity contribution is 7.17. The molecule has 8 heteroatoms. The number of carbonyl (C=O) groups excluding carboxylic acids is 3. The van der Waals surface area contributed by atoms with Crippen molar-refractivity contribution in [2.24, 2.45) is 0 Å². The van der Waals surface area contributed by atoms with E-state index in [-0.39, 0.29) is 0 Å². The molecule has 0 fully saturated rings. The molecule has 1 aromatic heterocycles. The smallest absolute Gasteiger partial charge is 0.351 e. The van der Waals surface area contributed by atoms with Crippen molar-refractivity contribution in [1.82, 2.24) is 15.8 Å². The number of ether oxygens (including phenoxy) is 1. The van der Waals surface area contributed by atoms with Gasteiger partial charge in [0.1, 0.15) is 9.88 Å². The van der Waals surface area contributed by atoms with Crippen LogP contribution in [0.15, 0.2) is 60.7 Å². The number of benzene rings is 2. The fraction of sp³-hybridized carbons (Fsp3) is 0.143. The number of aromatic nitrogens is 1. The fourth-order valence-corrected chi connectivity index (χ4v) is 3.39. The highest BCUT2D eigenvalue weighted by Gasteiger charge is 2.23. The third-order valence-electron chi connectivity index (χ3n) is 3.99. The average molecular weight is 409 g/mol. The summed E-state index contributed by atoms with van der Waals surface area (Å²) < 4.78 is 5.23. The monoisotopic (exact) mass is 409 g/mol. The molecule has 3 aromatic rings. The van der Waals surface area contributed by atoms with E-state index >= 15 is 0 Å². The van der Waals surface area contributed by atoms with E-state index in [1.165, 1.54) is 18.3 Å². The summed E-state index contributed by atoms with van der Waals surface area (Å²) in [5.41, 5.74) is 6.37. The predicted molar refractivity (Wildman–Crippen MR) is 109 cm³/mol. The Balaban J connectivity index is 1.58. The molecule has 0 spiro atoms. The number of hydrogen-bond acceptors (Lipinski definition) is 6. The Bertz CT molecular complexity index is 1020. The van der Waals surface area contributed by atoms with Crippen molar-refractivity contribution in [2.75, 3.05) is 0 Å². The molecule has 2 aromatic carbocycles. The second-order valence-corrected chi connectivity index (χ2v) is 7.16. The molecular formula is C21H19N3O4S. The first-order valence-corrected chi connectivity index (χ1v) is 9.66. The second kappa shape index (κ2) is 9.11. The van der Waals surface area contributed by atoms with E-state index in [1.54, 1.807) is 37.3 Å². The van der Waals surface area contributed by atoms with Gasteiger partial charge in [-0.25, -0.2) is 9.78 Å². The molecule has 0 aliphatic carbocycles. The minimum Gasteiger partial charge on any atom is -0.448 e. The van der Waals surface area contributed by atoms with Crippen molar-refractivity contribution in [3.05, 3.63) is 76.8 Å². The summed E-state index contributed by atoms with van der Waals surface area (Å²) in [7, 11) is 0. The maximum Gasteiger partial charge on any atom is 0.351 e. The normalized spacial score (nSPS) is 11.4. The molecule has 0 saturated heterocycles. The van der Waals surface area contributed by atoms with Gasteiger partial charge in [-0.3, -0.25) is 20.4 Å². The summed E-state index contributed by atoms with van der Waals surface area (Å²) in [6.45, 7) is 3.14. The van der Waals surface area contributed by atoms with Crippen molar-refractivity contribution in [2.45, 2.75) is 20.0 Å². The second-order valence-electron chi connectivity index (χ2n) is 6.16. The lowest BCUT2D eigenvalue weighted by atomic mass is 10.2. The average Bonchev–Trinajstić information content (AvgIpc) is 3.14. The zero-order valence-electron chi connectivity index (χ0n) is 15.8. The van der Waals surface area contributed by atoms with Gasteiger partial charge in [0.15, 0.2) is 6.10 Å². The van der Waals surface area contributed by atoms with E-state index in [2.05, 4.69) is 15.8 Å². The van der Waals surface area contributed by atoms with Crippen LogP contribution >= 0.6 is 11.3 Å². The van der Waals surface area contributed by atoms with Gasteiger partial charge < -0.3 is 4.74 Å². The largest absolute Gasteiger partial charge is 0.448 e. The maximum atomic E-state index is 12.5. The number of hydrazine groups is 1. The Morgan fingerprint density at radius 1 is 0.966 bits per heavy atom. The molecular weight excluding hydrogens is 390 g/mol. The number of rotatable bonds is 5. The zero-order valence-corrected chi connectivity index (χ0v) is 16.7. The van der Waals surface area contributed by atoms with Gasteiger partial charge in [0, 0.05) is 11.1 Å². The van der Waals surface area contributed by atoms with Gasteiger partial charge in [0.2, 0.25) is 0 Å². The number of nitrogens with one attached hydrogen (secondary N) is 2. The first kappa shape index (κ1) is 20.2. The SMILES string of the molecule is Cc1nc(-c2ccccc2)sc1C(=O)O[C@@H](C)C(=O)NNC(=O)c1ccccc1. The minimum absolute atomic E-state index is 0.330. The topological polar surface area (TPSA) is 97.4 Å². The van der Waals surface area contributed by atoms with Crippen molar-refractivity contribution in [1.29, 1.82) is 0 Å². The number of esters is 1. The van der Waals surface area contributed by atoms with Gasteiger partial charge in [-0.15, -0.1) is 11.3 Å². The quantitative estimate of drug-likeness (QED) is 0.498. The highest BCUT2D eigenvalue weighted by Crippen LogP contribution is 2.28. The molecule has 2 N–H and O–H groups in total. The third-order valence-corrected chi connectivity index (χ3v) is 5.18. The summed E-state index contributed by atoms with van der Waals surface area (Å²) in [6, 6.07) is 17.9. The lowest BCUT2D eigenvalue weighted by Crippen LogP contribution is -2.46. The van der Waals surface area contributed by atoms with Crippen LogP contribution in [0.2, 0.25) is 0 Å². The lowest BCUT2D eigenvalue weighted by Gasteiger charge is -2.13. The summed E-state index contributed by atoms with van der Waals surface area (Å²) >= 11 is 1.20. The van der Waals surface area contributed by atoms with Crippen molar-refractivity contribution >= 4 is 29.1 Å². The maximum absolute atomic E-state index is 12.5. The van der Waals surface area contributed by atoms with Crippen molar-refractivity contribution < 1.29 is 19.1 Å². The lowest BCUT2D eigenvalue weighted by molar-refractivity contribution is -0.129. The van der Waals surface area contributed by atoms with Crippen LogP contribution in [0.1, 0.15) is 32.6 Å². The zero-order chi connectivity index (χ0) is 20.8. The van der Waals surface area contributed by atoms with E-state index in [1.807, 2.05) is 30.3 Å². The first-order chi connectivity index (χ1) is 14.0. The van der Waals surface area contributed by atoms with Crippen LogP contribution in [0.3, 0.4) is 0 Å². The Labute approximate surface area is 171 Å². The summed E-state index contributed by atoms with van der Waals surface area (Å²) in [5.74, 6) is -1.75.